The minimum absolute atomic E-state index is 0.0165. The zero-order chi connectivity index (χ0) is 18.1. The van der Waals surface area contributed by atoms with Crippen LogP contribution in [0.5, 0.6) is 0 Å². The highest BCUT2D eigenvalue weighted by Crippen LogP contribution is 2.32. The van der Waals surface area contributed by atoms with Crippen molar-refractivity contribution in [2.75, 3.05) is 19.8 Å². The van der Waals surface area contributed by atoms with Crippen LogP contribution in [-0.4, -0.2) is 47.9 Å². The van der Waals surface area contributed by atoms with Gasteiger partial charge < -0.3 is 14.4 Å². The van der Waals surface area contributed by atoms with E-state index >= 15 is 0 Å². The molecule has 1 aromatic carbocycles. The van der Waals surface area contributed by atoms with E-state index in [0.29, 0.717) is 30.3 Å². The molecule has 1 atom stereocenters. The van der Waals surface area contributed by atoms with Crippen molar-refractivity contribution < 1.29 is 18.7 Å². The van der Waals surface area contributed by atoms with Crippen molar-refractivity contribution in [3.05, 3.63) is 40.7 Å². The molecule has 1 amide bonds. The number of piperidine rings is 1. The van der Waals surface area contributed by atoms with E-state index in [1.807, 2.05) is 11.8 Å². The molecule has 0 bridgehead atoms. The summed E-state index contributed by atoms with van der Waals surface area (Å²) in [5.41, 5.74) is 1.52. The normalized spacial score (nSPS) is 21.3. The van der Waals surface area contributed by atoms with Gasteiger partial charge in [0.2, 0.25) is 0 Å². The zero-order valence-electron chi connectivity index (χ0n) is 14.6. The van der Waals surface area contributed by atoms with Crippen LogP contribution in [0, 0.1) is 12.7 Å². The summed E-state index contributed by atoms with van der Waals surface area (Å²) in [4.78, 5) is 20.3. The van der Waals surface area contributed by atoms with Crippen LogP contribution in [0.3, 0.4) is 0 Å². The fourth-order valence-corrected chi connectivity index (χ4v) is 4.56. The molecule has 0 N–H and O–H groups in total. The molecule has 1 aromatic heterocycles. The first-order valence-electron chi connectivity index (χ1n) is 8.91. The number of amides is 1. The van der Waals surface area contributed by atoms with Gasteiger partial charge in [0.1, 0.15) is 15.7 Å². The average molecular weight is 376 g/mol. The Balaban J connectivity index is 1.59. The third-order valence-electron chi connectivity index (χ3n) is 4.85. The molecule has 2 saturated heterocycles. The van der Waals surface area contributed by atoms with Gasteiger partial charge >= 0.3 is 0 Å². The third kappa shape index (κ3) is 3.39. The van der Waals surface area contributed by atoms with Crippen molar-refractivity contribution >= 4 is 17.2 Å². The molecule has 2 aliphatic rings. The number of halogens is 1. The number of aryl methyl sites for hydroxylation is 1. The Kier molecular flexibility index (Phi) is 5.02. The summed E-state index contributed by atoms with van der Waals surface area (Å²) in [7, 11) is 0. The van der Waals surface area contributed by atoms with Crippen LogP contribution in [0.25, 0.3) is 10.6 Å². The molecule has 7 heteroatoms. The maximum atomic E-state index is 13.2. The van der Waals surface area contributed by atoms with Crippen molar-refractivity contribution in [1.29, 1.82) is 0 Å². The second kappa shape index (κ2) is 7.42. The van der Waals surface area contributed by atoms with Crippen LogP contribution in [0.1, 0.15) is 34.6 Å². The van der Waals surface area contributed by atoms with E-state index in [1.165, 1.54) is 23.5 Å². The van der Waals surface area contributed by atoms with Gasteiger partial charge in [0.25, 0.3) is 5.91 Å². The van der Waals surface area contributed by atoms with E-state index < -0.39 is 0 Å². The van der Waals surface area contributed by atoms with Gasteiger partial charge in [-0.2, -0.15) is 0 Å². The number of likely N-dealkylation sites (tertiary alicyclic amines) is 1. The number of hydrogen-bond donors (Lipinski definition) is 0. The van der Waals surface area contributed by atoms with E-state index in [9.17, 15) is 9.18 Å². The van der Waals surface area contributed by atoms with Crippen molar-refractivity contribution in [3.8, 4) is 10.6 Å². The van der Waals surface area contributed by atoms with Gasteiger partial charge in [-0.25, -0.2) is 9.37 Å². The monoisotopic (exact) mass is 376 g/mol. The summed E-state index contributed by atoms with van der Waals surface area (Å²) in [5.74, 6) is -0.303. The van der Waals surface area contributed by atoms with Gasteiger partial charge in [0.05, 0.1) is 24.9 Å². The second-order valence-corrected chi connectivity index (χ2v) is 7.61. The lowest BCUT2D eigenvalue weighted by atomic mass is 10.0. The molecule has 0 radical (unpaired) electrons. The predicted molar refractivity (Wildman–Crippen MR) is 96.6 cm³/mol. The molecule has 2 fully saturated rings. The number of thiazole rings is 1. The molecule has 1 unspecified atom stereocenters. The Morgan fingerprint density at radius 3 is 2.69 bits per heavy atom. The number of carbonyl (C=O) groups is 1. The molecule has 26 heavy (non-hydrogen) atoms. The summed E-state index contributed by atoms with van der Waals surface area (Å²) in [6.45, 7) is 3.71. The maximum Gasteiger partial charge on any atom is 0.266 e. The van der Waals surface area contributed by atoms with Crippen LogP contribution >= 0.6 is 11.3 Å². The standard InChI is InChI=1S/C19H21FN2O3S/c1-12-16(26-17(21-12)13-5-7-14(20)8-6-13)18(23)22-9-3-2-4-15(22)19-24-10-11-25-19/h5-8,15,19H,2-4,9-11H2,1H3. The maximum absolute atomic E-state index is 13.2. The van der Waals surface area contributed by atoms with E-state index in [-0.39, 0.29) is 24.1 Å². The summed E-state index contributed by atoms with van der Waals surface area (Å²) >= 11 is 1.36. The number of benzene rings is 1. The van der Waals surface area contributed by atoms with Gasteiger partial charge in [0, 0.05) is 12.1 Å². The van der Waals surface area contributed by atoms with E-state index in [4.69, 9.17) is 9.47 Å². The highest BCUT2D eigenvalue weighted by atomic mass is 32.1. The van der Waals surface area contributed by atoms with Gasteiger partial charge in [0.15, 0.2) is 6.29 Å². The van der Waals surface area contributed by atoms with Crippen LogP contribution in [0.2, 0.25) is 0 Å². The molecule has 138 valence electrons. The van der Waals surface area contributed by atoms with Gasteiger partial charge in [-0.15, -0.1) is 11.3 Å². The first-order chi connectivity index (χ1) is 12.6. The first kappa shape index (κ1) is 17.6. The fourth-order valence-electron chi connectivity index (χ4n) is 3.53. The van der Waals surface area contributed by atoms with Gasteiger partial charge in [-0.1, -0.05) is 0 Å². The summed E-state index contributed by atoms with van der Waals surface area (Å²) in [6, 6.07) is 6.14. The lowest BCUT2D eigenvalue weighted by Crippen LogP contribution is -2.50. The highest BCUT2D eigenvalue weighted by Gasteiger charge is 2.37. The van der Waals surface area contributed by atoms with E-state index in [0.717, 1.165) is 29.8 Å². The summed E-state index contributed by atoms with van der Waals surface area (Å²) in [6.07, 6.45) is 2.61. The Hall–Kier alpha value is -1.83. The average Bonchev–Trinajstić information content (AvgIpc) is 3.32. The molecule has 2 aliphatic heterocycles. The summed E-state index contributed by atoms with van der Waals surface area (Å²) in [5, 5.41) is 0.729. The molecule has 0 saturated carbocycles. The molecule has 5 nitrogen and oxygen atoms in total. The van der Waals surface area contributed by atoms with Crippen molar-refractivity contribution in [2.24, 2.45) is 0 Å². The number of hydrogen-bond acceptors (Lipinski definition) is 5. The highest BCUT2D eigenvalue weighted by molar-refractivity contribution is 7.17. The first-order valence-corrected chi connectivity index (χ1v) is 9.72. The number of rotatable bonds is 3. The van der Waals surface area contributed by atoms with E-state index in [2.05, 4.69) is 4.98 Å². The number of aromatic nitrogens is 1. The topological polar surface area (TPSA) is 51.7 Å². The summed E-state index contributed by atoms with van der Waals surface area (Å²) < 4.78 is 24.5. The molecular weight excluding hydrogens is 355 g/mol. The third-order valence-corrected chi connectivity index (χ3v) is 6.05. The largest absolute Gasteiger partial charge is 0.348 e. The predicted octanol–water partition coefficient (Wildman–Crippen LogP) is 3.63. The molecule has 0 spiro atoms. The molecular formula is C19H21FN2O3S. The Morgan fingerprint density at radius 2 is 1.96 bits per heavy atom. The lowest BCUT2D eigenvalue weighted by molar-refractivity contribution is -0.100. The lowest BCUT2D eigenvalue weighted by Gasteiger charge is -2.37. The van der Waals surface area contributed by atoms with Crippen LogP contribution in [-0.2, 0) is 9.47 Å². The van der Waals surface area contributed by atoms with Crippen molar-refractivity contribution in [3.63, 3.8) is 0 Å². The fraction of sp³-hybridized carbons (Fsp3) is 0.474. The second-order valence-electron chi connectivity index (χ2n) is 6.61. The number of carbonyl (C=O) groups excluding carboxylic acids is 1. The van der Waals surface area contributed by atoms with Crippen molar-refractivity contribution in [1.82, 2.24) is 9.88 Å². The molecule has 3 heterocycles. The zero-order valence-corrected chi connectivity index (χ0v) is 15.4. The van der Waals surface area contributed by atoms with Crippen molar-refractivity contribution in [2.45, 2.75) is 38.5 Å². The Bertz CT molecular complexity index is 787. The van der Waals surface area contributed by atoms with Crippen LogP contribution < -0.4 is 0 Å². The Morgan fingerprint density at radius 1 is 1.23 bits per heavy atom. The van der Waals surface area contributed by atoms with Crippen LogP contribution in [0.15, 0.2) is 24.3 Å². The number of ether oxygens (including phenoxy) is 2. The minimum atomic E-state index is -0.330. The Labute approximate surface area is 155 Å². The number of nitrogens with zero attached hydrogens (tertiary/aromatic N) is 2. The van der Waals surface area contributed by atoms with Gasteiger partial charge in [-0.05, 0) is 50.5 Å². The SMILES string of the molecule is Cc1nc(-c2ccc(F)cc2)sc1C(=O)N1CCCCC1C1OCCO1. The molecule has 2 aromatic rings. The minimum Gasteiger partial charge on any atom is -0.348 e. The van der Waals surface area contributed by atoms with E-state index in [1.54, 1.807) is 12.1 Å². The van der Waals surface area contributed by atoms with Crippen LogP contribution in [0.4, 0.5) is 4.39 Å². The van der Waals surface area contributed by atoms with Gasteiger partial charge in [-0.3, -0.25) is 4.79 Å². The molecule has 4 rings (SSSR count). The smallest absolute Gasteiger partial charge is 0.266 e. The quantitative estimate of drug-likeness (QED) is 0.821. The molecule has 0 aliphatic carbocycles.